The van der Waals surface area contributed by atoms with Crippen LogP contribution in [0.2, 0.25) is 5.02 Å². The van der Waals surface area contributed by atoms with Crippen LogP contribution >= 0.6 is 11.6 Å². The highest BCUT2D eigenvalue weighted by atomic mass is 35.5. The van der Waals surface area contributed by atoms with Crippen LogP contribution in [0.4, 0.5) is 15.8 Å². The molecule has 0 atom stereocenters. The number of nitrogens with zero attached hydrogens (tertiary/aromatic N) is 3. The molecular formula is C19H17ClFN5O2. The van der Waals surface area contributed by atoms with E-state index in [4.69, 9.17) is 11.6 Å². The molecule has 0 saturated heterocycles. The van der Waals surface area contributed by atoms with Gasteiger partial charge in [-0.2, -0.15) is 0 Å². The average molecular weight is 402 g/mol. The summed E-state index contributed by atoms with van der Waals surface area (Å²) >= 11 is 5.89. The fourth-order valence-corrected chi connectivity index (χ4v) is 2.67. The molecule has 9 heteroatoms. The SMILES string of the molecule is Cc1ccc(NC(=O)c2nnn(CC(=O)Nc3cccc(Cl)c3)c2C)cc1F. The second-order valence-electron chi connectivity index (χ2n) is 6.16. The van der Waals surface area contributed by atoms with Gasteiger partial charge in [-0.3, -0.25) is 9.59 Å². The molecule has 3 aromatic rings. The van der Waals surface area contributed by atoms with Gasteiger partial charge in [-0.05, 0) is 49.7 Å². The van der Waals surface area contributed by atoms with Crippen LogP contribution in [0.3, 0.4) is 0 Å². The Morgan fingerprint density at radius 3 is 2.57 bits per heavy atom. The number of amides is 2. The second kappa shape index (κ2) is 8.18. The quantitative estimate of drug-likeness (QED) is 0.683. The summed E-state index contributed by atoms with van der Waals surface area (Å²) in [7, 11) is 0. The van der Waals surface area contributed by atoms with Crippen molar-refractivity contribution in [2.45, 2.75) is 20.4 Å². The van der Waals surface area contributed by atoms with E-state index in [1.807, 2.05) is 0 Å². The lowest BCUT2D eigenvalue weighted by Crippen LogP contribution is -2.21. The minimum absolute atomic E-state index is 0.0524. The lowest BCUT2D eigenvalue weighted by Gasteiger charge is -2.07. The van der Waals surface area contributed by atoms with Crippen LogP contribution in [0.25, 0.3) is 0 Å². The molecule has 0 spiro atoms. The van der Waals surface area contributed by atoms with Gasteiger partial charge in [-0.25, -0.2) is 9.07 Å². The van der Waals surface area contributed by atoms with Crippen LogP contribution in [0.5, 0.6) is 0 Å². The first-order valence-electron chi connectivity index (χ1n) is 8.36. The van der Waals surface area contributed by atoms with Gasteiger partial charge >= 0.3 is 0 Å². The van der Waals surface area contributed by atoms with Crippen LogP contribution in [-0.2, 0) is 11.3 Å². The number of carbonyl (C=O) groups is 2. The highest BCUT2D eigenvalue weighted by molar-refractivity contribution is 6.30. The van der Waals surface area contributed by atoms with Gasteiger partial charge < -0.3 is 10.6 Å². The summed E-state index contributed by atoms with van der Waals surface area (Å²) in [6, 6.07) is 11.1. The second-order valence-corrected chi connectivity index (χ2v) is 6.59. The summed E-state index contributed by atoms with van der Waals surface area (Å²) in [4.78, 5) is 24.6. The largest absolute Gasteiger partial charge is 0.324 e. The van der Waals surface area contributed by atoms with E-state index in [-0.39, 0.29) is 18.1 Å². The molecule has 0 saturated carbocycles. The van der Waals surface area contributed by atoms with Gasteiger partial charge in [0, 0.05) is 16.4 Å². The average Bonchev–Trinajstić information content (AvgIpc) is 2.99. The number of benzene rings is 2. The van der Waals surface area contributed by atoms with Crippen molar-refractivity contribution in [2.75, 3.05) is 10.6 Å². The fraction of sp³-hybridized carbons (Fsp3) is 0.158. The van der Waals surface area contributed by atoms with Gasteiger partial charge in [0.2, 0.25) is 5.91 Å². The number of halogens is 2. The van der Waals surface area contributed by atoms with E-state index in [9.17, 15) is 14.0 Å². The Balaban J connectivity index is 1.68. The van der Waals surface area contributed by atoms with Crippen LogP contribution in [0.1, 0.15) is 21.7 Å². The Labute approximate surface area is 165 Å². The standard InChI is InChI=1S/C19H17ClFN5O2/c1-11-6-7-15(9-16(11)21)23-19(28)18-12(2)26(25-24-18)10-17(27)22-14-5-3-4-13(20)8-14/h3-9H,10H2,1-2H3,(H,22,27)(H,23,28). The molecule has 0 aliphatic rings. The first kappa shape index (κ1) is 19.5. The Morgan fingerprint density at radius 2 is 1.86 bits per heavy atom. The van der Waals surface area contributed by atoms with E-state index >= 15 is 0 Å². The number of nitrogens with one attached hydrogen (secondary N) is 2. The van der Waals surface area contributed by atoms with E-state index in [0.29, 0.717) is 27.7 Å². The van der Waals surface area contributed by atoms with E-state index in [0.717, 1.165) is 0 Å². The molecule has 0 aliphatic heterocycles. The lowest BCUT2D eigenvalue weighted by atomic mass is 10.2. The number of carbonyl (C=O) groups excluding carboxylic acids is 2. The van der Waals surface area contributed by atoms with Crippen LogP contribution in [0.15, 0.2) is 42.5 Å². The van der Waals surface area contributed by atoms with Crippen LogP contribution in [0, 0.1) is 19.7 Å². The van der Waals surface area contributed by atoms with E-state index < -0.39 is 11.7 Å². The van der Waals surface area contributed by atoms with Crippen molar-refractivity contribution in [1.82, 2.24) is 15.0 Å². The van der Waals surface area contributed by atoms with Crippen molar-refractivity contribution in [3.63, 3.8) is 0 Å². The molecule has 7 nitrogen and oxygen atoms in total. The highest BCUT2D eigenvalue weighted by Crippen LogP contribution is 2.16. The predicted molar refractivity (Wildman–Crippen MR) is 104 cm³/mol. The molecule has 0 unspecified atom stereocenters. The molecule has 0 radical (unpaired) electrons. The maximum atomic E-state index is 13.6. The third-order valence-electron chi connectivity index (χ3n) is 4.03. The van der Waals surface area contributed by atoms with E-state index in [2.05, 4.69) is 20.9 Å². The smallest absolute Gasteiger partial charge is 0.278 e. The van der Waals surface area contributed by atoms with Crippen molar-refractivity contribution in [1.29, 1.82) is 0 Å². The Bertz CT molecular complexity index is 1050. The molecule has 0 bridgehead atoms. The molecule has 2 aromatic carbocycles. The van der Waals surface area contributed by atoms with Crippen molar-refractivity contribution < 1.29 is 14.0 Å². The molecule has 3 rings (SSSR count). The molecular weight excluding hydrogens is 385 g/mol. The summed E-state index contributed by atoms with van der Waals surface area (Å²) in [6.07, 6.45) is 0. The third-order valence-corrected chi connectivity index (χ3v) is 4.26. The number of aromatic nitrogens is 3. The van der Waals surface area contributed by atoms with Crippen molar-refractivity contribution in [2.24, 2.45) is 0 Å². The maximum absolute atomic E-state index is 13.6. The van der Waals surface area contributed by atoms with Gasteiger partial charge in [0.15, 0.2) is 5.69 Å². The monoisotopic (exact) mass is 401 g/mol. The van der Waals surface area contributed by atoms with Crippen molar-refractivity contribution in [3.8, 4) is 0 Å². The molecule has 0 aliphatic carbocycles. The molecule has 2 amide bonds. The number of hydrogen-bond donors (Lipinski definition) is 2. The summed E-state index contributed by atoms with van der Waals surface area (Å²) in [5, 5.41) is 13.5. The summed E-state index contributed by atoms with van der Waals surface area (Å²) in [5.41, 5.74) is 1.80. The van der Waals surface area contributed by atoms with E-state index in [1.54, 1.807) is 50.2 Å². The van der Waals surface area contributed by atoms with Gasteiger partial charge in [0.25, 0.3) is 5.91 Å². The van der Waals surface area contributed by atoms with Gasteiger partial charge in [0.1, 0.15) is 12.4 Å². The molecule has 2 N–H and O–H groups in total. The van der Waals surface area contributed by atoms with Crippen molar-refractivity contribution >= 4 is 34.8 Å². The Kier molecular flexibility index (Phi) is 5.70. The zero-order chi connectivity index (χ0) is 20.3. The Hall–Kier alpha value is -3.26. The van der Waals surface area contributed by atoms with Gasteiger partial charge in [0.05, 0.1) is 5.69 Å². The first-order chi connectivity index (χ1) is 13.3. The lowest BCUT2D eigenvalue weighted by molar-refractivity contribution is -0.117. The van der Waals surface area contributed by atoms with Gasteiger partial charge in [-0.1, -0.05) is 28.9 Å². The minimum atomic E-state index is -0.540. The number of rotatable bonds is 5. The maximum Gasteiger partial charge on any atom is 0.278 e. The topological polar surface area (TPSA) is 88.9 Å². The van der Waals surface area contributed by atoms with Crippen molar-refractivity contribution in [3.05, 3.63) is 70.3 Å². The van der Waals surface area contributed by atoms with Crippen LogP contribution in [-0.4, -0.2) is 26.8 Å². The first-order valence-corrected chi connectivity index (χ1v) is 8.74. The third kappa shape index (κ3) is 4.52. The highest BCUT2D eigenvalue weighted by Gasteiger charge is 2.18. The van der Waals surface area contributed by atoms with Gasteiger partial charge in [-0.15, -0.1) is 5.10 Å². The number of aryl methyl sites for hydroxylation is 1. The number of hydrogen-bond acceptors (Lipinski definition) is 4. The Morgan fingerprint density at radius 1 is 1.11 bits per heavy atom. The number of anilines is 2. The zero-order valence-corrected chi connectivity index (χ0v) is 15.9. The van der Waals surface area contributed by atoms with E-state index in [1.165, 1.54) is 10.7 Å². The van der Waals surface area contributed by atoms with Crippen LogP contribution < -0.4 is 10.6 Å². The summed E-state index contributed by atoms with van der Waals surface area (Å²) < 4.78 is 14.9. The summed E-state index contributed by atoms with van der Waals surface area (Å²) in [5.74, 6) is -1.30. The minimum Gasteiger partial charge on any atom is -0.324 e. The summed E-state index contributed by atoms with van der Waals surface area (Å²) in [6.45, 7) is 3.13. The fourth-order valence-electron chi connectivity index (χ4n) is 2.48. The normalized spacial score (nSPS) is 10.6. The molecule has 0 fully saturated rings. The molecule has 144 valence electrons. The molecule has 1 aromatic heterocycles. The molecule has 1 heterocycles. The zero-order valence-electron chi connectivity index (χ0n) is 15.2. The predicted octanol–water partition coefficient (Wildman–Crippen LogP) is 3.58. The molecule has 28 heavy (non-hydrogen) atoms.